The predicted octanol–water partition coefficient (Wildman–Crippen LogP) is 4.90. The van der Waals surface area contributed by atoms with Gasteiger partial charge in [-0.25, -0.2) is 0 Å². The van der Waals surface area contributed by atoms with Crippen LogP contribution in [0.2, 0.25) is 0 Å². The maximum Gasteiger partial charge on any atom is 0.174 e. The fourth-order valence-corrected chi connectivity index (χ4v) is 4.14. The summed E-state index contributed by atoms with van der Waals surface area (Å²) in [5.74, 6) is 0.857. The van der Waals surface area contributed by atoms with E-state index in [0.29, 0.717) is 0 Å². The van der Waals surface area contributed by atoms with Gasteiger partial charge >= 0.3 is 0 Å². The van der Waals surface area contributed by atoms with Crippen molar-refractivity contribution in [3.8, 4) is 5.75 Å². The van der Waals surface area contributed by atoms with E-state index in [-0.39, 0.29) is 6.04 Å². The van der Waals surface area contributed by atoms with Crippen molar-refractivity contribution in [3.05, 3.63) is 81.7 Å². The second kappa shape index (κ2) is 7.90. The van der Waals surface area contributed by atoms with Gasteiger partial charge in [-0.15, -0.1) is 0 Å². The highest BCUT2D eigenvalue weighted by Gasteiger charge is 2.30. The average molecular weight is 489 g/mol. The molecule has 1 aromatic heterocycles. The zero-order valence-corrected chi connectivity index (χ0v) is 17.9. The highest BCUT2D eigenvalue weighted by Crippen LogP contribution is 2.33. The zero-order valence-electron chi connectivity index (χ0n) is 14.9. The number of methoxy groups -OCH3 is 1. The number of hydrogen-bond acceptors (Lipinski definition) is 2. The van der Waals surface area contributed by atoms with Gasteiger partial charge in [-0.05, 0) is 88.9 Å². The molecule has 0 aliphatic carbocycles. The van der Waals surface area contributed by atoms with Crippen LogP contribution in [0.1, 0.15) is 17.3 Å². The molecule has 0 radical (unpaired) electrons. The van der Waals surface area contributed by atoms with Gasteiger partial charge < -0.3 is 19.5 Å². The van der Waals surface area contributed by atoms with Crippen LogP contribution in [0.4, 0.5) is 5.69 Å². The van der Waals surface area contributed by atoms with Gasteiger partial charge in [0.25, 0.3) is 0 Å². The van der Waals surface area contributed by atoms with Crippen molar-refractivity contribution in [2.45, 2.75) is 12.6 Å². The van der Waals surface area contributed by atoms with E-state index in [0.717, 1.165) is 29.6 Å². The summed E-state index contributed by atoms with van der Waals surface area (Å²) < 4.78 is 8.83. The quantitative estimate of drug-likeness (QED) is 0.419. The molecule has 1 unspecified atom stereocenters. The van der Waals surface area contributed by atoms with E-state index in [1.807, 2.05) is 12.1 Å². The summed E-state index contributed by atoms with van der Waals surface area (Å²) in [6.45, 7) is 1.78. The Labute approximate surface area is 178 Å². The first-order chi connectivity index (χ1) is 13.2. The number of rotatable bonds is 3. The van der Waals surface area contributed by atoms with Crippen LogP contribution in [0.15, 0.2) is 66.9 Å². The van der Waals surface area contributed by atoms with E-state index in [1.54, 1.807) is 7.11 Å². The Balaban J connectivity index is 1.65. The van der Waals surface area contributed by atoms with Gasteiger partial charge in [-0.2, -0.15) is 0 Å². The summed E-state index contributed by atoms with van der Waals surface area (Å²) in [6.07, 6.45) is 2.14. The molecule has 1 aliphatic heterocycles. The minimum absolute atomic E-state index is 0.0727. The van der Waals surface area contributed by atoms with Crippen molar-refractivity contribution in [2.75, 3.05) is 19.0 Å². The minimum Gasteiger partial charge on any atom is -0.497 e. The van der Waals surface area contributed by atoms with Crippen LogP contribution in [-0.2, 0) is 6.54 Å². The number of ether oxygens (including phenoxy) is 1. The molecule has 138 valence electrons. The van der Waals surface area contributed by atoms with Crippen LogP contribution in [0.3, 0.4) is 0 Å². The number of benzene rings is 2. The summed E-state index contributed by atoms with van der Waals surface area (Å²) in [7, 11) is 1.69. The first kappa shape index (κ1) is 18.3. The highest BCUT2D eigenvalue weighted by molar-refractivity contribution is 14.1. The molecule has 2 aromatic carbocycles. The molecular formula is C21H20IN3OS. The van der Waals surface area contributed by atoms with E-state index < -0.39 is 0 Å². The van der Waals surface area contributed by atoms with Crippen LogP contribution < -0.4 is 10.1 Å². The van der Waals surface area contributed by atoms with Crippen molar-refractivity contribution < 1.29 is 4.74 Å². The molecule has 0 fully saturated rings. The summed E-state index contributed by atoms with van der Waals surface area (Å²) >= 11 is 8.10. The Morgan fingerprint density at radius 1 is 1.07 bits per heavy atom. The minimum atomic E-state index is 0.0727. The number of anilines is 1. The topological polar surface area (TPSA) is 29.4 Å². The Bertz CT molecular complexity index is 937. The molecule has 0 spiro atoms. The van der Waals surface area contributed by atoms with Gasteiger partial charge in [0.05, 0.1) is 13.2 Å². The van der Waals surface area contributed by atoms with E-state index >= 15 is 0 Å². The average Bonchev–Trinajstić information content (AvgIpc) is 3.18. The maximum absolute atomic E-state index is 5.80. The number of aromatic nitrogens is 1. The fraction of sp³-hybridized carbons (Fsp3) is 0.190. The molecular weight excluding hydrogens is 469 g/mol. The molecule has 4 rings (SSSR count). The zero-order chi connectivity index (χ0) is 18.8. The van der Waals surface area contributed by atoms with Gasteiger partial charge in [0.1, 0.15) is 5.75 Å². The van der Waals surface area contributed by atoms with Crippen molar-refractivity contribution in [1.29, 1.82) is 0 Å². The number of nitrogens with one attached hydrogen (secondary N) is 1. The molecule has 1 N–H and O–H groups in total. The third-order valence-corrected chi connectivity index (χ3v) is 5.88. The molecule has 4 nitrogen and oxygen atoms in total. The van der Waals surface area contributed by atoms with E-state index in [1.165, 1.54) is 14.8 Å². The molecule has 3 aromatic rings. The van der Waals surface area contributed by atoms with Gasteiger partial charge in [-0.3, -0.25) is 0 Å². The monoisotopic (exact) mass is 489 g/mol. The van der Waals surface area contributed by atoms with Crippen molar-refractivity contribution in [3.63, 3.8) is 0 Å². The molecule has 2 heterocycles. The molecule has 0 amide bonds. The molecule has 0 saturated carbocycles. The summed E-state index contributed by atoms with van der Waals surface area (Å²) in [5.41, 5.74) is 3.45. The smallest absolute Gasteiger partial charge is 0.174 e. The molecule has 27 heavy (non-hydrogen) atoms. The number of halogens is 1. The molecule has 1 atom stereocenters. The largest absolute Gasteiger partial charge is 0.497 e. The first-order valence-corrected chi connectivity index (χ1v) is 10.3. The lowest BCUT2D eigenvalue weighted by atomic mass is 10.00. The molecule has 0 bridgehead atoms. The lowest BCUT2D eigenvalue weighted by molar-refractivity contribution is 0.293. The Morgan fingerprint density at radius 3 is 2.52 bits per heavy atom. The second-order valence-electron chi connectivity index (χ2n) is 6.43. The van der Waals surface area contributed by atoms with Gasteiger partial charge in [-0.1, -0.05) is 12.1 Å². The van der Waals surface area contributed by atoms with Crippen LogP contribution in [0.5, 0.6) is 5.75 Å². The first-order valence-electron chi connectivity index (χ1n) is 8.78. The number of nitrogens with zero attached hydrogens (tertiary/aromatic N) is 2. The van der Waals surface area contributed by atoms with Crippen molar-refractivity contribution in [1.82, 2.24) is 9.47 Å². The highest BCUT2D eigenvalue weighted by atomic mass is 127. The SMILES string of the molecule is COc1ccc(C2c3cccn3CCN2C(=S)Nc2ccc(I)cc2)cc1. The lowest BCUT2D eigenvalue weighted by Gasteiger charge is -2.39. The summed E-state index contributed by atoms with van der Waals surface area (Å²) in [6, 6.07) is 20.9. The Kier molecular flexibility index (Phi) is 5.36. The van der Waals surface area contributed by atoms with Crippen molar-refractivity contribution >= 4 is 45.6 Å². The number of fused-ring (bicyclic) bond motifs is 1. The summed E-state index contributed by atoms with van der Waals surface area (Å²) in [5, 5.41) is 4.14. The van der Waals surface area contributed by atoms with Crippen molar-refractivity contribution in [2.24, 2.45) is 0 Å². The fourth-order valence-electron chi connectivity index (χ4n) is 3.47. The van der Waals surface area contributed by atoms with E-state index in [4.69, 9.17) is 17.0 Å². The van der Waals surface area contributed by atoms with Gasteiger partial charge in [0.15, 0.2) is 5.11 Å². The van der Waals surface area contributed by atoms with Crippen LogP contribution in [-0.4, -0.2) is 28.2 Å². The van der Waals surface area contributed by atoms with E-state index in [2.05, 4.69) is 92.1 Å². The van der Waals surface area contributed by atoms with Crippen LogP contribution in [0.25, 0.3) is 0 Å². The van der Waals surface area contributed by atoms with Gasteiger partial charge in [0.2, 0.25) is 0 Å². The summed E-state index contributed by atoms with van der Waals surface area (Å²) in [4.78, 5) is 2.27. The molecule has 0 saturated heterocycles. The Morgan fingerprint density at radius 2 is 1.81 bits per heavy atom. The maximum atomic E-state index is 5.80. The standard InChI is InChI=1S/C21H20IN3OS/c1-26-18-10-4-15(5-11-18)20-19-3-2-12-24(19)13-14-25(20)21(27)23-17-8-6-16(22)7-9-17/h2-12,20H,13-14H2,1H3,(H,23,27). The van der Waals surface area contributed by atoms with E-state index in [9.17, 15) is 0 Å². The third-order valence-electron chi connectivity index (χ3n) is 4.83. The number of thiocarbonyl (C=S) groups is 1. The van der Waals surface area contributed by atoms with Crippen LogP contribution in [0, 0.1) is 3.57 Å². The van der Waals surface area contributed by atoms with Crippen LogP contribution >= 0.6 is 34.8 Å². The van der Waals surface area contributed by atoms with Gasteiger partial charge in [0, 0.05) is 34.2 Å². The third kappa shape index (κ3) is 3.82. The lowest BCUT2D eigenvalue weighted by Crippen LogP contribution is -2.44. The Hall–Kier alpha value is -2.06. The predicted molar refractivity (Wildman–Crippen MR) is 121 cm³/mol. The normalized spacial score (nSPS) is 15.9. The number of hydrogen-bond donors (Lipinski definition) is 1. The molecule has 6 heteroatoms. The molecule has 1 aliphatic rings. The second-order valence-corrected chi connectivity index (χ2v) is 8.06.